The number of amides is 1. The Hall–Kier alpha value is -1.13. The Labute approximate surface area is 300 Å². The van der Waals surface area contributed by atoms with Crippen molar-refractivity contribution in [3.63, 3.8) is 0 Å². The molecule has 48 heavy (non-hydrogen) atoms. The van der Waals surface area contributed by atoms with E-state index in [4.69, 9.17) is 0 Å². The van der Waals surface area contributed by atoms with Crippen LogP contribution in [0.25, 0.3) is 0 Å². The van der Waals surface area contributed by atoms with E-state index in [9.17, 15) is 15.0 Å². The third-order valence-corrected chi connectivity index (χ3v) is 9.93. The molecule has 0 bridgehead atoms. The fourth-order valence-corrected chi connectivity index (χ4v) is 6.58. The van der Waals surface area contributed by atoms with E-state index in [0.717, 1.165) is 32.1 Å². The standard InChI is InChI=1S/C44H85NO3/c1-3-5-7-9-11-13-15-17-19-21-22-24-26-28-30-32-34-36-38-40-44(48)45-42(41-46)43(47)39-37-35-33-31-29-27-25-23-20-18-16-14-12-10-8-6-4-2/h17,19,29,31,42-43,46-47H,3-16,18,20-28,30,32-41H2,1-2H3,(H,45,48)/b19-17+,31-29+/t42-,43+/m0/s1. The van der Waals surface area contributed by atoms with Gasteiger partial charge in [0.05, 0.1) is 18.8 Å². The minimum Gasteiger partial charge on any atom is -0.394 e. The summed E-state index contributed by atoms with van der Waals surface area (Å²) in [5.41, 5.74) is 0. The van der Waals surface area contributed by atoms with Gasteiger partial charge in [-0.3, -0.25) is 4.79 Å². The Bertz CT molecular complexity index is 691. The number of aliphatic hydroxyl groups excluding tert-OH is 2. The highest BCUT2D eigenvalue weighted by Crippen LogP contribution is 2.15. The van der Waals surface area contributed by atoms with Crippen molar-refractivity contribution in [3.05, 3.63) is 24.3 Å². The summed E-state index contributed by atoms with van der Waals surface area (Å²) in [5.74, 6) is -0.0422. The summed E-state index contributed by atoms with van der Waals surface area (Å²) >= 11 is 0. The summed E-state index contributed by atoms with van der Waals surface area (Å²) in [6.45, 7) is 4.35. The van der Waals surface area contributed by atoms with Crippen LogP contribution in [-0.2, 0) is 4.79 Å². The predicted molar refractivity (Wildman–Crippen MR) is 212 cm³/mol. The van der Waals surface area contributed by atoms with E-state index in [0.29, 0.717) is 12.8 Å². The lowest BCUT2D eigenvalue weighted by Crippen LogP contribution is -2.45. The molecular weight excluding hydrogens is 590 g/mol. The van der Waals surface area contributed by atoms with Crippen LogP contribution >= 0.6 is 0 Å². The number of allylic oxidation sites excluding steroid dienone is 4. The van der Waals surface area contributed by atoms with Crippen LogP contribution in [0.3, 0.4) is 0 Å². The van der Waals surface area contributed by atoms with Crippen molar-refractivity contribution in [2.24, 2.45) is 0 Å². The normalized spacial score (nSPS) is 13.2. The number of carbonyl (C=O) groups is 1. The summed E-state index contributed by atoms with van der Waals surface area (Å²) in [4.78, 5) is 12.4. The van der Waals surface area contributed by atoms with Crippen molar-refractivity contribution < 1.29 is 15.0 Å². The molecule has 4 nitrogen and oxygen atoms in total. The largest absolute Gasteiger partial charge is 0.394 e. The number of hydrogen-bond acceptors (Lipinski definition) is 3. The molecule has 0 rings (SSSR count). The van der Waals surface area contributed by atoms with Gasteiger partial charge >= 0.3 is 0 Å². The van der Waals surface area contributed by atoms with Gasteiger partial charge in [0.15, 0.2) is 0 Å². The van der Waals surface area contributed by atoms with E-state index in [-0.39, 0.29) is 12.5 Å². The van der Waals surface area contributed by atoms with Gasteiger partial charge in [-0.2, -0.15) is 0 Å². The van der Waals surface area contributed by atoms with Crippen LogP contribution in [0.15, 0.2) is 24.3 Å². The van der Waals surface area contributed by atoms with E-state index in [1.165, 1.54) is 173 Å². The quantitative estimate of drug-likeness (QED) is 0.0448. The molecule has 0 spiro atoms. The molecular formula is C44H85NO3. The molecule has 1 amide bonds. The van der Waals surface area contributed by atoms with Crippen molar-refractivity contribution in [3.8, 4) is 0 Å². The lowest BCUT2D eigenvalue weighted by atomic mass is 10.0. The SMILES string of the molecule is CCCCCCCC/C=C/CCCCCCCCCCCC(=O)N[C@@H](CO)[C@H](O)CCCC/C=C/CCCCCCCCCCCCC. The molecule has 0 aromatic rings. The van der Waals surface area contributed by atoms with Crippen LogP contribution < -0.4 is 5.32 Å². The van der Waals surface area contributed by atoms with Crippen molar-refractivity contribution in [1.82, 2.24) is 5.32 Å². The molecule has 0 saturated carbocycles. The van der Waals surface area contributed by atoms with Crippen LogP contribution in [-0.4, -0.2) is 34.9 Å². The van der Waals surface area contributed by atoms with Crippen LogP contribution in [0, 0.1) is 0 Å². The van der Waals surface area contributed by atoms with Crippen molar-refractivity contribution >= 4 is 5.91 Å². The molecule has 0 unspecified atom stereocenters. The molecule has 0 aromatic carbocycles. The number of aliphatic hydroxyl groups is 2. The van der Waals surface area contributed by atoms with Gasteiger partial charge in [0.2, 0.25) is 5.91 Å². The van der Waals surface area contributed by atoms with Crippen molar-refractivity contribution in [2.75, 3.05) is 6.61 Å². The zero-order valence-corrected chi connectivity index (χ0v) is 32.5. The fourth-order valence-electron chi connectivity index (χ4n) is 6.58. The maximum absolute atomic E-state index is 12.4. The van der Waals surface area contributed by atoms with Gasteiger partial charge < -0.3 is 15.5 Å². The molecule has 0 saturated heterocycles. The van der Waals surface area contributed by atoms with Gasteiger partial charge in [-0.05, 0) is 64.2 Å². The van der Waals surface area contributed by atoms with Crippen LogP contribution in [0.5, 0.6) is 0 Å². The van der Waals surface area contributed by atoms with Gasteiger partial charge in [0, 0.05) is 6.42 Å². The highest BCUT2D eigenvalue weighted by Gasteiger charge is 2.19. The second kappa shape index (κ2) is 40.3. The molecule has 284 valence electrons. The zero-order chi connectivity index (χ0) is 35.0. The van der Waals surface area contributed by atoms with E-state index in [2.05, 4.69) is 43.5 Å². The van der Waals surface area contributed by atoms with Crippen LogP contribution in [0.1, 0.15) is 232 Å². The third-order valence-electron chi connectivity index (χ3n) is 9.93. The number of unbranched alkanes of at least 4 members (excludes halogenated alkanes) is 28. The summed E-state index contributed by atoms with van der Waals surface area (Å²) in [6, 6.07) is -0.551. The molecule has 0 aromatic heterocycles. The molecule has 0 heterocycles. The van der Waals surface area contributed by atoms with Crippen molar-refractivity contribution in [1.29, 1.82) is 0 Å². The van der Waals surface area contributed by atoms with Gasteiger partial charge in [-0.15, -0.1) is 0 Å². The Morgan fingerprint density at radius 1 is 0.479 bits per heavy atom. The molecule has 0 fully saturated rings. The number of nitrogens with one attached hydrogen (secondary N) is 1. The molecule has 0 radical (unpaired) electrons. The minimum absolute atomic E-state index is 0.0422. The number of hydrogen-bond donors (Lipinski definition) is 3. The topological polar surface area (TPSA) is 69.6 Å². The fraction of sp³-hybridized carbons (Fsp3) is 0.886. The first-order chi connectivity index (χ1) is 23.7. The number of carbonyl (C=O) groups excluding carboxylic acids is 1. The van der Waals surface area contributed by atoms with Crippen molar-refractivity contribution in [2.45, 2.75) is 244 Å². The Kier molecular flexibility index (Phi) is 39.4. The molecule has 0 aliphatic rings. The summed E-state index contributed by atoms with van der Waals surface area (Å²) in [6.07, 6.45) is 51.1. The van der Waals surface area contributed by atoms with E-state index in [1.807, 2.05) is 0 Å². The van der Waals surface area contributed by atoms with Gasteiger partial charge in [-0.25, -0.2) is 0 Å². The first-order valence-corrected chi connectivity index (χ1v) is 21.5. The smallest absolute Gasteiger partial charge is 0.220 e. The molecule has 0 aliphatic heterocycles. The van der Waals surface area contributed by atoms with Crippen LogP contribution in [0.4, 0.5) is 0 Å². The first kappa shape index (κ1) is 46.9. The van der Waals surface area contributed by atoms with E-state index < -0.39 is 12.1 Å². The lowest BCUT2D eigenvalue weighted by molar-refractivity contribution is -0.123. The molecule has 2 atom stereocenters. The Morgan fingerprint density at radius 3 is 1.15 bits per heavy atom. The summed E-state index contributed by atoms with van der Waals surface area (Å²) in [7, 11) is 0. The predicted octanol–water partition coefficient (Wildman–Crippen LogP) is 13.2. The Morgan fingerprint density at radius 2 is 0.792 bits per heavy atom. The van der Waals surface area contributed by atoms with Crippen LogP contribution in [0.2, 0.25) is 0 Å². The zero-order valence-electron chi connectivity index (χ0n) is 32.5. The molecule has 0 aliphatic carbocycles. The van der Waals surface area contributed by atoms with Gasteiger partial charge in [0.25, 0.3) is 0 Å². The molecule has 4 heteroatoms. The third kappa shape index (κ3) is 36.2. The average molecular weight is 676 g/mol. The van der Waals surface area contributed by atoms with Gasteiger partial charge in [0.1, 0.15) is 0 Å². The maximum atomic E-state index is 12.4. The summed E-state index contributed by atoms with van der Waals surface area (Å²) in [5, 5.41) is 23.1. The second-order valence-electron chi connectivity index (χ2n) is 14.8. The number of rotatable bonds is 39. The first-order valence-electron chi connectivity index (χ1n) is 21.5. The highest BCUT2D eigenvalue weighted by atomic mass is 16.3. The minimum atomic E-state index is -0.680. The monoisotopic (exact) mass is 676 g/mol. The van der Waals surface area contributed by atoms with Gasteiger partial charge in [-0.1, -0.05) is 186 Å². The molecule has 3 N–H and O–H groups in total. The highest BCUT2D eigenvalue weighted by molar-refractivity contribution is 5.76. The second-order valence-corrected chi connectivity index (χ2v) is 14.8. The van der Waals surface area contributed by atoms with E-state index in [1.54, 1.807) is 0 Å². The Balaban J connectivity index is 3.55. The maximum Gasteiger partial charge on any atom is 0.220 e. The summed E-state index contributed by atoms with van der Waals surface area (Å²) < 4.78 is 0. The average Bonchev–Trinajstić information content (AvgIpc) is 3.09. The lowest BCUT2D eigenvalue weighted by Gasteiger charge is -2.22. The van der Waals surface area contributed by atoms with E-state index >= 15 is 0 Å².